The summed E-state index contributed by atoms with van der Waals surface area (Å²) < 4.78 is 10.7. The Morgan fingerprint density at radius 2 is 2.04 bits per heavy atom. The molecular weight excluding hydrogens is 316 g/mol. The maximum Gasteiger partial charge on any atom is 0.338 e. The van der Waals surface area contributed by atoms with Crippen LogP contribution in [0.15, 0.2) is 30.3 Å². The van der Waals surface area contributed by atoms with Gasteiger partial charge in [0, 0.05) is 12.3 Å². The zero-order valence-corrected chi connectivity index (χ0v) is 13.0. The molecule has 1 saturated carbocycles. The lowest BCUT2D eigenvalue weighted by molar-refractivity contribution is -0.154. The van der Waals surface area contributed by atoms with Crippen LogP contribution in [0.2, 0.25) is 0 Å². The van der Waals surface area contributed by atoms with E-state index in [1.165, 1.54) is 0 Å². The standard InChI is InChI=1S/C17H20O7/c18-9-12(19)6-11-7-17(22)8-13(23-16(17)21)14(11)24-15(20)10-4-2-1-3-5-10/h1-5,11-14,18-19,22H,6-9H2/t11-,12?,13+,14+,17-/m0/s1. The number of hydrogen-bond donors (Lipinski definition) is 3. The van der Waals surface area contributed by atoms with E-state index in [1.807, 2.05) is 0 Å². The van der Waals surface area contributed by atoms with Gasteiger partial charge < -0.3 is 24.8 Å². The summed E-state index contributed by atoms with van der Waals surface area (Å²) in [5.74, 6) is -1.78. The third kappa shape index (κ3) is 3.15. The van der Waals surface area contributed by atoms with Crippen molar-refractivity contribution in [3.63, 3.8) is 0 Å². The normalized spacial score (nSPS) is 33.0. The molecule has 2 aliphatic rings. The first kappa shape index (κ1) is 16.9. The zero-order chi connectivity index (χ0) is 17.3. The molecule has 2 bridgehead atoms. The Morgan fingerprint density at radius 3 is 2.71 bits per heavy atom. The highest BCUT2D eigenvalue weighted by atomic mass is 16.6. The second-order valence-corrected chi connectivity index (χ2v) is 6.45. The van der Waals surface area contributed by atoms with Gasteiger partial charge in [0.05, 0.1) is 18.3 Å². The van der Waals surface area contributed by atoms with Crippen molar-refractivity contribution in [3.8, 4) is 0 Å². The molecule has 24 heavy (non-hydrogen) atoms. The first-order chi connectivity index (χ1) is 11.4. The summed E-state index contributed by atoms with van der Waals surface area (Å²) in [4.78, 5) is 24.2. The van der Waals surface area contributed by atoms with E-state index in [-0.39, 0.29) is 19.3 Å². The van der Waals surface area contributed by atoms with Crippen LogP contribution in [-0.4, -0.2) is 57.8 Å². The number of ether oxygens (including phenoxy) is 2. The number of fused-ring (bicyclic) bond motifs is 2. The highest BCUT2D eigenvalue weighted by Crippen LogP contribution is 2.44. The summed E-state index contributed by atoms with van der Waals surface area (Å²) in [6, 6.07) is 8.41. The van der Waals surface area contributed by atoms with Gasteiger partial charge in [0.15, 0.2) is 5.60 Å². The van der Waals surface area contributed by atoms with Gasteiger partial charge in [-0.25, -0.2) is 9.59 Å². The second kappa shape index (κ2) is 6.51. The minimum atomic E-state index is -1.61. The van der Waals surface area contributed by atoms with E-state index in [1.54, 1.807) is 30.3 Å². The fourth-order valence-electron chi connectivity index (χ4n) is 3.49. The van der Waals surface area contributed by atoms with Crippen LogP contribution < -0.4 is 0 Å². The van der Waals surface area contributed by atoms with E-state index < -0.39 is 48.4 Å². The molecule has 1 aromatic carbocycles. The summed E-state index contributed by atoms with van der Waals surface area (Å²) in [5.41, 5.74) is -1.25. The molecule has 0 radical (unpaired) electrons. The molecule has 1 aliphatic carbocycles. The first-order valence-corrected chi connectivity index (χ1v) is 7.91. The number of carbonyl (C=O) groups excluding carboxylic acids is 2. The average molecular weight is 336 g/mol. The molecule has 1 heterocycles. The summed E-state index contributed by atoms with van der Waals surface area (Å²) in [7, 11) is 0. The number of aliphatic hydroxyl groups is 3. The zero-order valence-electron chi connectivity index (χ0n) is 13.0. The predicted molar refractivity (Wildman–Crippen MR) is 80.9 cm³/mol. The van der Waals surface area contributed by atoms with Crippen LogP contribution in [0.3, 0.4) is 0 Å². The van der Waals surface area contributed by atoms with Gasteiger partial charge in [-0.15, -0.1) is 0 Å². The van der Waals surface area contributed by atoms with Crippen LogP contribution in [0.4, 0.5) is 0 Å². The molecule has 5 atom stereocenters. The van der Waals surface area contributed by atoms with Gasteiger partial charge in [0.2, 0.25) is 0 Å². The molecule has 1 unspecified atom stereocenters. The van der Waals surface area contributed by atoms with Crippen molar-refractivity contribution in [1.82, 2.24) is 0 Å². The number of rotatable bonds is 5. The summed E-state index contributed by atoms with van der Waals surface area (Å²) in [6.07, 6.45) is -2.37. The van der Waals surface area contributed by atoms with Gasteiger partial charge >= 0.3 is 11.9 Å². The van der Waals surface area contributed by atoms with E-state index in [2.05, 4.69) is 0 Å². The maximum atomic E-state index is 12.3. The number of esters is 2. The lowest BCUT2D eigenvalue weighted by Crippen LogP contribution is -2.48. The maximum absolute atomic E-state index is 12.3. The molecule has 2 fully saturated rings. The van der Waals surface area contributed by atoms with Crippen molar-refractivity contribution >= 4 is 11.9 Å². The molecule has 0 amide bonds. The van der Waals surface area contributed by atoms with Crippen molar-refractivity contribution < 1.29 is 34.4 Å². The van der Waals surface area contributed by atoms with Crippen LogP contribution in [0.25, 0.3) is 0 Å². The Kier molecular flexibility index (Phi) is 4.58. The Morgan fingerprint density at radius 1 is 1.33 bits per heavy atom. The SMILES string of the molecule is O=C(O[C@@H]1[C@@H](CC(O)CO)C[C@]2(O)C[C@H]1OC2=O)c1ccccc1. The lowest BCUT2D eigenvalue weighted by Gasteiger charge is -2.36. The van der Waals surface area contributed by atoms with Crippen molar-refractivity contribution in [1.29, 1.82) is 0 Å². The second-order valence-electron chi connectivity index (χ2n) is 6.45. The number of carbonyl (C=O) groups is 2. The highest BCUT2D eigenvalue weighted by Gasteiger charge is 2.59. The molecule has 1 saturated heterocycles. The van der Waals surface area contributed by atoms with Gasteiger partial charge in [-0.2, -0.15) is 0 Å². The van der Waals surface area contributed by atoms with Gasteiger partial charge in [-0.3, -0.25) is 0 Å². The summed E-state index contributed by atoms with van der Waals surface area (Å²) in [5, 5.41) is 29.1. The van der Waals surface area contributed by atoms with Crippen molar-refractivity contribution in [3.05, 3.63) is 35.9 Å². The summed E-state index contributed by atoms with van der Waals surface area (Å²) >= 11 is 0. The molecule has 0 aromatic heterocycles. The fourth-order valence-corrected chi connectivity index (χ4v) is 3.49. The van der Waals surface area contributed by atoms with E-state index in [9.17, 15) is 19.8 Å². The molecule has 7 nitrogen and oxygen atoms in total. The molecule has 3 rings (SSSR count). The Bertz CT molecular complexity index is 617. The third-order valence-electron chi connectivity index (χ3n) is 4.65. The molecule has 1 aliphatic heterocycles. The largest absolute Gasteiger partial charge is 0.456 e. The first-order valence-electron chi connectivity index (χ1n) is 7.91. The topological polar surface area (TPSA) is 113 Å². The van der Waals surface area contributed by atoms with E-state index in [0.29, 0.717) is 5.56 Å². The average Bonchev–Trinajstić information content (AvgIpc) is 2.82. The Labute approximate surface area is 138 Å². The van der Waals surface area contributed by atoms with Crippen LogP contribution in [0, 0.1) is 5.92 Å². The lowest BCUT2D eigenvalue weighted by atomic mass is 9.74. The fraction of sp³-hybridized carbons (Fsp3) is 0.529. The van der Waals surface area contributed by atoms with E-state index >= 15 is 0 Å². The molecule has 3 N–H and O–H groups in total. The monoisotopic (exact) mass is 336 g/mol. The molecule has 130 valence electrons. The minimum absolute atomic E-state index is 0.0200. The van der Waals surface area contributed by atoms with Gasteiger partial charge in [0.1, 0.15) is 12.2 Å². The number of aliphatic hydroxyl groups excluding tert-OH is 2. The highest BCUT2D eigenvalue weighted by molar-refractivity contribution is 5.89. The van der Waals surface area contributed by atoms with Crippen molar-refractivity contribution in [2.24, 2.45) is 5.92 Å². The Balaban J connectivity index is 1.80. The van der Waals surface area contributed by atoms with Crippen molar-refractivity contribution in [2.45, 2.75) is 43.2 Å². The van der Waals surface area contributed by atoms with E-state index in [4.69, 9.17) is 14.6 Å². The van der Waals surface area contributed by atoms with Gasteiger partial charge in [-0.1, -0.05) is 18.2 Å². The third-order valence-corrected chi connectivity index (χ3v) is 4.65. The summed E-state index contributed by atoms with van der Waals surface area (Å²) in [6.45, 7) is -0.451. The van der Waals surface area contributed by atoms with Crippen LogP contribution in [-0.2, 0) is 14.3 Å². The van der Waals surface area contributed by atoms with Crippen LogP contribution >= 0.6 is 0 Å². The predicted octanol–water partition coefficient (Wildman–Crippen LogP) is 0.0218. The molecule has 1 aromatic rings. The Hall–Kier alpha value is -1.96. The van der Waals surface area contributed by atoms with Crippen LogP contribution in [0.5, 0.6) is 0 Å². The van der Waals surface area contributed by atoms with Crippen molar-refractivity contribution in [2.75, 3.05) is 6.61 Å². The number of hydrogen-bond acceptors (Lipinski definition) is 7. The molecule has 7 heteroatoms. The van der Waals surface area contributed by atoms with E-state index in [0.717, 1.165) is 0 Å². The van der Waals surface area contributed by atoms with Crippen LogP contribution in [0.1, 0.15) is 29.6 Å². The quantitative estimate of drug-likeness (QED) is 0.650. The molecular formula is C17H20O7. The minimum Gasteiger partial charge on any atom is -0.456 e. The van der Waals surface area contributed by atoms with Gasteiger partial charge in [-0.05, 0) is 25.0 Å². The number of benzene rings is 1. The smallest absolute Gasteiger partial charge is 0.338 e. The molecule has 0 spiro atoms. The van der Waals surface area contributed by atoms with Gasteiger partial charge in [0.25, 0.3) is 0 Å².